The van der Waals surface area contributed by atoms with Gasteiger partial charge in [-0.1, -0.05) is 0 Å². The summed E-state index contributed by atoms with van der Waals surface area (Å²) >= 11 is 3.36. The molecule has 10 nitrogen and oxygen atoms in total. The second-order valence-corrected chi connectivity index (χ2v) is 12.4. The minimum atomic E-state index is -0.555. The molecule has 1 atom stereocenters. The molecular formula is C26H36N6O4S2. The summed E-state index contributed by atoms with van der Waals surface area (Å²) in [4.78, 5) is 25.8. The number of hydrogen-bond acceptors (Lipinski definition) is 9. The Morgan fingerprint density at radius 2 is 2.05 bits per heavy atom. The molecule has 3 N–H and O–H groups in total. The van der Waals surface area contributed by atoms with Crippen molar-refractivity contribution in [3.8, 4) is 11.5 Å². The fourth-order valence-electron chi connectivity index (χ4n) is 4.42. The number of rotatable bonds is 9. The topological polar surface area (TPSA) is 127 Å². The number of thioether (sulfide) groups is 1. The van der Waals surface area contributed by atoms with Gasteiger partial charge in [-0.3, -0.25) is 5.41 Å². The molecule has 206 valence electrons. The molecule has 1 aliphatic rings. The minimum absolute atomic E-state index is 0.0298. The van der Waals surface area contributed by atoms with Crippen molar-refractivity contribution < 1.29 is 19.0 Å². The average Bonchev–Trinajstić information content (AvgIpc) is 3.31. The van der Waals surface area contributed by atoms with Crippen LogP contribution in [0.5, 0.6) is 11.5 Å². The van der Waals surface area contributed by atoms with Gasteiger partial charge in [0.05, 0.1) is 25.4 Å². The molecule has 4 rings (SSSR count). The number of amides is 1. The molecule has 1 unspecified atom stereocenters. The first-order valence-electron chi connectivity index (χ1n) is 12.6. The molecule has 38 heavy (non-hydrogen) atoms. The summed E-state index contributed by atoms with van der Waals surface area (Å²) in [5.41, 5.74) is 0.772. The SMILES string of the molecule is COc1ccc(OC)c(Sc2nc3c([nH]2)c(=N)ncn3CCC(NC(=O)OC(C)(C)C)C2CCSCC2)c1. The Kier molecular flexibility index (Phi) is 9.14. The fourth-order valence-corrected chi connectivity index (χ4v) is 6.49. The summed E-state index contributed by atoms with van der Waals surface area (Å²) in [6, 6.07) is 5.55. The van der Waals surface area contributed by atoms with Gasteiger partial charge in [0.1, 0.15) is 22.6 Å². The van der Waals surface area contributed by atoms with Crippen LogP contribution in [0.2, 0.25) is 0 Å². The zero-order valence-electron chi connectivity index (χ0n) is 22.5. The van der Waals surface area contributed by atoms with E-state index in [-0.39, 0.29) is 17.6 Å². The number of carbonyl (C=O) groups excluding carboxylic acids is 1. The first-order chi connectivity index (χ1) is 18.2. The monoisotopic (exact) mass is 560 g/mol. The van der Waals surface area contributed by atoms with Crippen molar-refractivity contribution in [1.29, 1.82) is 5.41 Å². The molecule has 0 saturated carbocycles. The summed E-state index contributed by atoms with van der Waals surface area (Å²) in [5.74, 6) is 3.99. The minimum Gasteiger partial charge on any atom is -0.497 e. The van der Waals surface area contributed by atoms with Gasteiger partial charge in [-0.05, 0) is 87.4 Å². The van der Waals surface area contributed by atoms with Crippen LogP contribution in [0.3, 0.4) is 0 Å². The number of methoxy groups -OCH3 is 2. The van der Waals surface area contributed by atoms with Crippen LogP contribution >= 0.6 is 23.5 Å². The molecule has 0 aliphatic carbocycles. The van der Waals surface area contributed by atoms with Crippen molar-refractivity contribution in [2.24, 2.45) is 5.92 Å². The maximum absolute atomic E-state index is 12.6. The number of aromatic nitrogens is 4. The van der Waals surface area contributed by atoms with Gasteiger partial charge in [0.25, 0.3) is 0 Å². The number of aryl methyl sites for hydroxylation is 1. The normalized spacial score (nSPS) is 15.3. The van der Waals surface area contributed by atoms with E-state index in [0.29, 0.717) is 46.7 Å². The second kappa shape index (κ2) is 12.3. The van der Waals surface area contributed by atoms with Crippen molar-refractivity contribution in [3.05, 3.63) is 30.0 Å². The number of H-pyrrole nitrogens is 1. The molecule has 0 spiro atoms. The molecule has 1 saturated heterocycles. The molecule has 2 aromatic heterocycles. The summed E-state index contributed by atoms with van der Waals surface area (Å²) < 4.78 is 18.4. The highest BCUT2D eigenvalue weighted by Crippen LogP contribution is 2.36. The van der Waals surface area contributed by atoms with E-state index in [1.807, 2.05) is 55.3 Å². The van der Waals surface area contributed by atoms with E-state index in [4.69, 9.17) is 24.6 Å². The Labute approximate surface area is 231 Å². The lowest BCUT2D eigenvalue weighted by atomic mass is 9.91. The van der Waals surface area contributed by atoms with Gasteiger partial charge in [-0.15, -0.1) is 0 Å². The van der Waals surface area contributed by atoms with E-state index < -0.39 is 5.60 Å². The van der Waals surface area contributed by atoms with Crippen molar-refractivity contribution in [2.45, 2.75) is 68.3 Å². The predicted octanol–water partition coefficient (Wildman–Crippen LogP) is 4.83. The van der Waals surface area contributed by atoms with Crippen LogP contribution in [-0.2, 0) is 11.3 Å². The Balaban J connectivity index is 1.56. The van der Waals surface area contributed by atoms with E-state index in [2.05, 4.69) is 15.3 Å². The Morgan fingerprint density at radius 3 is 2.74 bits per heavy atom. The van der Waals surface area contributed by atoms with E-state index in [1.54, 1.807) is 20.5 Å². The Bertz CT molecular complexity index is 1310. The van der Waals surface area contributed by atoms with Crippen molar-refractivity contribution >= 4 is 40.8 Å². The number of aromatic amines is 1. The molecule has 1 aromatic carbocycles. The number of alkyl carbamates (subject to hydrolysis) is 1. The van der Waals surface area contributed by atoms with Gasteiger partial charge in [-0.2, -0.15) is 11.8 Å². The Morgan fingerprint density at radius 1 is 1.29 bits per heavy atom. The standard InChI is InChI=1S/C26H36N6O4S2/c1-26(2,3)36-25(33)29-18(16-9-12-37-13-10-16)8-11-32-15-28-22(27)21-23(32)31-24(30-21)38-20-14-17(34-4)6-7-19(20)35-5/h6-7,14-16,18,27H,8-13H2,1-5H3,(H,29,33)(H,30,31). The van der Waals surface area contributed by atoms with Gasteiger partial charge < -0.3 is 29.1 Å². The quantitative estimate of drug-likeness (QED) is 0.340. The van der Waals surface area contributed by atoms with Gasteiger partial charge >= 0.3 is 6.09 Å². The molecular weight excluding hydrogens is 524 g/mol. The molecule has 3 aromatic rings. The maximum atomic E-state index is 12.6. The summed E-state index contributed by atoms with van der Waals surface area (Å²) in [6.07, 6.45) is 4.07. The lowest BCUT2D eigenvalue weighted by Gasteiger charge is -2.32. The van der Waals surface area contributed by atoms with E-state index in [0.717, 1.165) is 29.2 Å². The lowest BCUT2D eigenvalue weighted by Crippen LogP contribution is -2.44. The zero-order valence-corrected chi connectivity index (χ0v) is 24.1. The maximum Gasteiger partial charge on any atom is 0.407 e. The molecule has 3 heterocycles. The third-order valence-electron chi connectivity index (χ3n) is 6.29. The largest absolute Gasteiger partial charge is 0.497 e. The number of ether oxygens (including phenoxy) is 3. The van der Waals surface area contributed by atoms with E-state index >= 15 is 0 Å². The number of fused-ring (bicyclic) bond motifs is 1. The first kappa shape index (κ1) is 28.2. The number of imidazole rings is 1. The first-order valence-corrected chi connectivity index (χ1v) is 14.6. The van der Waals surface area contributed by atoms with Crippen LogP contribution < -0.4 is 20.3 Å². The second-order valence-electron chi connectivity index (χ2n) is 10.1. The zero-order chi connectivity index (χ0) is 27.3. The molecule has 1 fully saturated rings. The Hall–Kier alpha value is -2.86. The van der Waals surface area contributed by atoms with Crippen LogP contribution in [0, 0.1) is 11.3 Å². The number of nitrogens with zero attached hydrogens (tertiary/aromatic N) is 3. The number of nitrogens with one attached hydrogen (secondary N) is 3. The fraction of sp³-hybridized carbons (Fsp3) is 0.538. The van der Waals surface area contributed by atoms with E-state index in [1.165, 1.54) is 11.8 Å². The molecule has 1 aliphatic heterocycles. The van der Waals surface area contributed by atoms with Crippen LogP contribution in [0.4, 0.5) is 4.79 Å². The van der Waals surface area contributed by atoms with Crippen LogP contribution in [0.15, 0.2) is 34.6 Å². The van der Waals surface area contributed by atoms with Crippen LogP contribution in [0.1, 0.15) is 40.0 Å². The van der Waals surface area contributed by atoms with Crippen molar-refractivity contribution in [1.82, 2.24) is 24.8 Å². The van der Waals surface area contributed by atoms with Crippen LogP contribution in [-0.4, -0.2) is 63.0 Å². The van der Waals surface area contributed by atoms with Gasteiger partial charge in [-0.25, -0.2) is 14.8 Å². The summed E-state index contributed by atoms with van der Waals surface area (Å²) in [5, 5.41) is 12.1. The van der Waals surface area contributed by atoms with Crippen molar-refractivity contribution in [2.75, 3.05) is 25.7 Å². The van der Waals surface area contributed by atoms with Gasteiger partial charge in [0.15, 0.2) is 16.3 Å². The highest BCUT2D eigenvalue weighted by molar-refractivity contribution is 7.99. The molecule has 1 amide bonds. The number of carbonyl (C=O) groups is 1. The van der Waals surface area contributed by atoms with Crippen molar-refractivity contribution in [3.63, 3.8) is 0 Å². The smallest absolute Gasteiger partial charge is 0.407 e. The van der Waals surface area contributed by atoms with Crippen LogP contribution in [0.25, 0.3) is 11.2 Å². The third-order valence-corrected chi connectivity index (χ3v) is 8.27. The lowest BCUT2D eigenvalue weighted by molar-refractivity contribution is 0.0478. The highest BCUT2D eigenvalue weighted by atomic mass is 32.2. The third kappa shape index (κ3) is 7.16. The number of benzene rings is 1. The molecule has 0 bridgehead atoms. The predicted molar refractivity (Wildman–Crippen MR) is 149 cm³/mol. The highest BCUT2D eigenvalue weighted by Gasteiger charge is 2.27. The van der Waals surface area contributed by atoms with Gasteiger partial charge in [0, 0.05) is 12.6 Å². The average molecular weight is 561 g/mol. The van der Waals surface area contributed by atoms with E-state index in [9.17, 15) is 4.79 Å². The molecule has 12 heteroatoms. The summed E-state index contributed by atoms with van der Waals surface area (Å²) in [6.45, 7) is 6.20. The molecule has 0 radical (unpaired) electrons. The number of hydrogen-bond donors (Lipinski definition) is 3. The summed E-state index contributed by atoms with van der Waals surface area (Å²) in [7, 11) is 3.24. The van der Waals surface area contributed by atoms with Gasteiger partial charge in [0.2, 0.25) is 0 Å².